The van der Waals surface area contributed by atoms with Gasteiger partial charge in [-0.15, -0.1) is 0 Å². The SMILES string of the molecule is N#Cc1ccccc1S(=O)(=O)Nc1ccc(I)cn1. The van der Waals surface area contributed by atoms with Crippen molar-refractivity contribution in [2.75, 3.05) is 4.72 Å². The monoisotopic (exact) mass is 385 g/mol. The van der Waals surface area contributed by atoms with Gasteiger partial charge in [0.05, 0.1) is 5.56 Å². The maximum atomic E-state index is 12.2. The Morgan fingerprint density at radius 1 is 1.21 bits per heavy atom. The van der Waals surface area contributed by atoms with Crippen molar-refractivity contribution in [3.63, 3.8) is 0 Å². The number of sulfonamides is 1. The summed E-state index contributed by atoms with van der Waals surface area (Å²) >= 11 is 2.07. The predicted molar refractivity (Wildman–Crippen MR) is 78.9 cm³/mol. The first-order valence-electron chi connectivity index (χ1n) is 5.16. The number of nitrogens with zero attached hydrogens (tertiary/aromatic N) is 2. The van der Waals surface area contributed by atoms with Crippen LogP contribution in [0.15, 0.2) is 47.5 Å². The summed E-state index contributed by atoms with van der Waals surface area (Å²) in [6.07, 6.45) is 1.55. The van der Waals surface area contributed by atoms with Crippen molar-refractivity contribution in [1.29, 1.82) is 5.26 Å². The molecule has 0 spiro atoms. The van der Waals surface area contributed by atoms with Crippen molar-refractivity contribution in [2.45, 2.75) is 4.90 Å². The standard InChI is InChI=1S/C12H8IN3O2S/c13-10-5-6-12(15-8-10)16-19(17,18)11-4-2-1-3-9(11)7-14/h1-6,8H,(H,15,16). The van der Waals surface area contributed by atoms with Crippen molar-refractivity contribution in [3.8, 4) is 6.07 Å². The van der Waals surface area contributed by atoms with E-state index in [2.05, 4.69) is 32.3 Å². The van der Waals surface area contributed by atoms with Crippen LogP contribution in [0.25, 0.3) is 0 Å². The van der Waals surface area contributed by atoms with Gasteiger partial charge in [0.2, 0.25) is 0 Å². The van der Waals surface area contributed by atoms with E-state index in [1.54, 1.807) is 30.5 Å². The van der Waals surface area contributed by atoms with Crippen LogP contribution in [0.1, 0.15) is 5.56 Å². The van der Waals surface area contributed by atoms with E-state index in [1.165, 1.54) is 12.1 Å². The lowest BCUT2D eigenvalue weighted by molar-refractivity contribution is 0.601. The van der Waals surface area contributed by atoms with E-state index in [9.17, 15) is 8.42 Å². The van der Waals surface area contributed by atoms with Crippen LogP contribution in [-0.4, -0.2) is 13.4 Å². The number of hydrogen-bond donors (Lipinski definition) is 1. The molecule has 0 atom stereocenters. The van der Waals surface area contributed by atoms with Gasteiger partial charge in [0, 0.05) is 9.77 Å². The van der Waals surface area contributed by atoms with Gasteiger partial charge in [0.1, 0.15) is 16.8 Å². The topological polar surface area (TPSA) is 82.8 Å². The Morgan fingerprint density at radius 3 is 2.58 bits per heavy atom. The highest BCUT2D eigenvalue weighted by atomic mass is 127. The second-order valence-electron chi connectivity index (χ2n) is 3.58. The van der Waals surface area contributed by atoms with Crippen LogP contribution in [0.2, 0.25) is 0 Å². The van der Waals surface area contributed by atoms with Gasteiger partial charge in [0.25, 0.3) is 10.0 Å². The molecule has 5 nitrogen and oxygen atoms in total. The van der Waals surface area contributed by atoms with Crippen LogP contribution < -0.4 is 4.72 Å². The number of benzene rings is 1. The summed E-state index contributed by atoms with van der Waals surface area (Å²) in [6, 6.07) is 11.2. The van der Waals surface area contributed by atoms with Gasteiger partial charge in [-0.1, -0.05) is 12.1 Å². The van der Waals surface area contributed by atoms with Crippen molar-refractivity contribution in [1.82, 2.24) is 4.98 Å². The minimum absolute atomic E-state index is 0.0575. The molecule has 2 aromatic rings. The lowest BCUT2D eigenvalue weighted by Gasteiger charge is -2.08. The number of nitriles is 1. The molecule has 0 amide bonds. The highest BCUT2D eigenvalue weighted by Crippen LogP contribution is 2.18. The Labute approximate surface area is 124 Å². The Hall–Kier alpha value is -1.66. The maximum absolute atomic E-state index is 12.2. The third-order valence-electron chi connectivity index (χ3n) is 2.26. The van der Waals surface area contributed by atoms with Gasteiger partial charge in [0.15, 0.2) is 0 Å². The third kappa shape index (κ3) is 3.21. The predicted octanol–water partition coefficient (Wildman–Crippen LogP) is 2.36. The zero-order valence-corrected chi connectivity index (χ0v) is 12.5. The van der Waals surface area contributed by atoms with E-state index >= 15 is 0 Å². The van der Waals surface area contributed by atoms with Crippen molar-refractivity contribution in [3.05, 3.63) is 51.7 Å². The number of aromatic nitrogens is 1. The lowest BCUT2D eigenvalue weighted by atomic mass is 10.2. The van der Waals surface area contributed by atoms with Crippen LogP contribution in [0.4, 0.5) is 5.82 Å². The summed E-state index contributed by atoms with van der Waals surface area (Å²) in [5.74, 6) is 0.216. The largest absolute Gasteiger partial charge is 0.264 e. The summed E-state index contributed by atoms with van der Waals surface area (Å²) < 4.78 is 27.6. The molecular weight excluding hydrogens is 377 g/mol. The quantitative estimate of drug-likeness (QED) is 0.823. The van der Waals surface area contributed by atoms with Crippen LogP contribution in [0.5, 0.6) is 0 Å². The minimum atomic E-state index is -3.81. The molecule has 0 saturated heterocycles. The summed E-state index contributed by atoms with van der Waals surface area (Å²) in [6.45, 7) is 0. The minimum Gasteiger partial charge on any atom is -0.263 e. The highest BCUT2D eigenvalue weighted by Gasteiger charge is 2.18. The van der Waals surface area contributed by atoms with Crippen molar-refractivity contribution >= 4 is 38.4 Å². The molecule has 7 heteroatoms. The maximum Gasteiger partial charge on any atom is 0.264 e. The van der Waals surface area contributed by atoms with Gasteiger partial charge < -0.3 is 0 Å². The molecule has 0 saturated carbocycles. The fourth-order valence-electron chi connectivity index (χ4n) is 1.42. The molecule has 2 rings (SSSR count). The van der Waals surface area contributed by atoms with Crippen molar-refractivity contribution in [2.24, 2.45) is 0 Å². The zero-order chi connectivity index (χ0) is 13.9. The molecule has 0 fully saturated rings. The van der Waals surface area contributed by atoms with Gasteiger partial charge in [-0.2, -0.15) is 5.26 Å². The van der Waals surface area contributed by atoms with Crippen LogP contribution in [0, 0.1) is 14.9 Å². The van der Waals surface area contributed by atoms with Gasteiger partial charge >= 0.3 is 0 Å². The van der Waals surface area contributed by atoms with Crippen LogP contribution in [-0.2, 0) is 10.0 Å². The van der Waals surface area contributed by atoms with E-state index in [1.807, 2.05) is 6.07 Å². The second-order valence-corrected chi connectivity index (χ2v) is 6.47. The molecule has 0 bridgehead atoms. The first-order chi connectivity index (χ1) is 9.03. The molecule has 0 aliphatic carbocycles. The highest BCUT2D eigenvalue weighted by molar-refractivity contribution is 14.1. The van der Waals surface area contributed by atoms with Gasteiger partial charge in [-0.05, 0) is 46.9 Å². The number of rotatable bonds is 3. The molecule has 1 heterocycles. The van der Waals surface area contributed by atoms with Crippen LogP contribution >= 0.6 is 22.6 Å². The van der Waals surface area contributed by atoms with Crippen LogP contribution in [0.3, 0.4) is 0 Å². The average Bonchev–Trinajstić information content (AvgIpc) is 2.41. The van der Waals surface area contributed by atoms with E-state index in [4.69, 9.17) is 5.26 Å². The fraction of sp³-hybridized carbons (Fsp3) is 0. The number of hydrogen-bond acceptors (Lipinski definition) is 4. The van der Waals surface area contributed by atoms with E-state index in [0.29, 0.717) is 0 Å². The molecule has 1 aromatic heterocycles. The number of anilines is 1. The number of halogens is 1. The van der Waals surface area contributed by atoms with Gasteiger partial charge in [-0.3, -0.25) is 4.72 Å². The molecule has 96 valence electrons. The molecule has 0 radical (unpaired) electrons. The average molecular weight is 385 g/mol. The lowest BCUT2D eigenvalue weighted by Crippen LogP contribution is -2.15. The molecule has 0 aliphatic heterocycles. The molecule has 0 aliphatic rings. The molecule has 1 N–H and O–H groups in total. The van der Waals surface area contributed by atoms with Crippen molar-refractivity contribution < 1.29 is 8.42 Å². The van der Waals surface area contributed by atoms with Gasteiger partial charge in [-0.25, -0.2) is 13.4 Å². The normalized spacial score (nSPS) is 10.7. The Morgan fingerprint density at radius 2 is 1.95 bits per heavy atom. The summed E-state index contributed by atoms with van der Waals surface area (Å²) in [4.78, 5) is 3.91. The number of pyridine rings is 1. The first kappa shape index (κ1) is 13.8. The third-order valence-corrected chi connectivity index (χ3v) is 4.31. The van der Waals surface area contributed by atoms with E-state index in [-0.39, 0.29) is 16.3 Å². The Bertz CT molecular complexity index is 736. The first-order valence-corrected chi connectivity index (χ1v) is 7.72. The summed E-state index contributed by atoms with van der Waals surface area (Å²) in [7, 11) is -3.81. The summed E-state index contributed by atoms with van der Waals surface area (Å²) in [5, 5.41) is 8.93. The van der Waals surface area contributed by atoms with E-state index < -0.39 is 10.0 Å². The smallest absolute Gasteiger partial charge is 0.263 e. The molecule has 19 heavy (non-hydrogen) atoms. The molecular formula is C12H8IN3O2S. The molecule has 0 unspecified atom stereocenters. The second kappa shape index (κ2) is 5.54. The Kier molecular flexibility index (Phi) is 4.01. The molecule has 1 aromatic carbocycles. The van der Waals surface area contributed by atoms with E-state index in [0.717, 1.165) is 3.57 Å². The Balaban J connectivity index is 2.38. The number of nitrogens with one attached hydrogen (secondary N) is 1. The zero-order valence-electron chi connectivity index (χ0n) is 9.54. The fourth-order valence-corrected chi connectivity index (χ4v) is 2.91. The summed E-state index contributed by atoms with van der Waals surface area (Å²) in [5.41, 5.74) is 0.0977.